The van der Waals surface area contributed by atoms with Gasteiger partial charge in [0.25, 0.3) is 0 Å². The maximum Gasteiger partial charge on any atom is 0.247 e. The fourth-order valence-electron chi connectivity index (χ4n) is 3.48. The number of amides is 2. The average molecular weight is 398 g/mol. The monoisotopic (exact) mass is 397 g/mol. The Morgan fingerprint density at radius 2 is 1.93 bits per heavy atom. The zero-order chi connectivity index (χ0) is 19.0. The first-order chi connectivity index (χ1) is 13.1. The number of thioether (sulfide) groups is 1. The summed E-state index contributed by atoms with van der Waals surface area (Å²) in [6.07, 6.45) is 4.12. The number of aryl methyl sites for hydroxylation is 2. The zero-order valence-corrected chi connectivity index (χ0v) is 16.0. The Morgan fingerprint density at radius 1 is 1.19 bits per heavy atom. The van der Waals surface area contributed by atoms with Gasteiger partial charge in [-0.1, -0.05) is 23.4 Å². The zero-order valence-electron chi connectivity index (χ0n) is 14.4. The predicted molar refractivity (Wildman–Crippen MR) is 104 cm³/mol. The van der Waals surface area contributed by atoms with Crippen molar-refractivity contribution in [1.29, 1.82) is 5.26 Å². The summed E-state index contributed by atoms with van der Waals surface area (Å²) in [5.74, 6) is -0.535. The molecule has 27 heavy (non-hydrogen) atoms. The van der Waals surface area contributed by atoms with Gasteiger partial charge in [-0.3, -0.25) is 9.59 Å². The molecule has 4 rings (SSSR count). The third kappa shape index (κ3) is 3.45. The maximum atomic E-state index is 12.8. The van der Waals surface area contributed by atoms with Crippen LogP contribution in [0.5, 0.6) is 0 Å². The third-order valence-corrected chi connectivity index (χ3v) is 6.27. The Kier molecular flexibility index (Phi) is 4.90. The number of hydrogen-bond donors (Lipinski definition) is 0. The topological polar surface area (TPSA) is 74.1 Å². The molecule has 0 N–H and O–H groups in total. The molecule has 2 amide bonds. The molecule has 136 valence electrons. The van der Waals surface area contributed by atoms with Gasteiger partial charge in [-0.15, -0.1) is 0 Å². The maximum absolute atomic E-state index is 12.8. The summed E-state index contributed by atoms with van der Waals surface area (Å²) in [7, 11) is 0. The van der Waals surface area contributed by atoms with E-state index in [1.54, 1.807) is 24.3 Å². The second-order valence-corrected chi connectivity index (χ2v) is 8.25. The minimum Gasteiger partial charge on any atom is -0.274 e. The van der Waals surface area contributed by atoms with Crippen molar-refractivity contribution < 1.29 is 9.59 Å². The molecule has 7 heteroatoms. The highest BCUT2D eigenvalue weighted by atomic mass is 35.5. The number of pyridine rings is 1. The summed E-state index contributed by atoms with van der Waals surface area (Å²) in [6, 6.07) is 10.7. The SMILES string of the molecule is N#Cc1cc2c(nc1SC1CC(=O)N(c3ccc(Cl)cc3)C1=O)CCCC2. The molecule has 1 fully saturated rings. The molecule has 5 nitrogen and oxygen atoms in total. The van der Waals surface area contributed by atoms with Gasteiger partial charge >= 0.3 is 0 Å². The molecule has 2 heterocycles. The highest BCUT2D eigenvalue weighted by Crippen LogP contribution is 2.36. The van der Waals surface area contributed by atoms with E-state index in [2.05, 4.69) is 11.1 Å². The van der Waals surface area contributed by atoms with Gasteiger partial charge in [0.05, 0.1) is 16.5 Å². The second-order valence-electron chi connectivity index (χ2n) is 6.62. The molecule has 2 aliphatic rings. The summed E-state index contributed by atoms with van der Waals surface area (Å²) in [6.45, 7) is 0. The van der Waals surface area contributed by atoms with Crippen LogP contribution in [0.4, 0.5) is 5.69 Å². The van der Waals surface area contributed by atoms with E-state index in [1.807, 2.05) is 6.07 Å². The van der Waals surface area contributed by atoms with Crippen LogP contribution in [-0.2, 0) is 22.4 Å². The lowest BCUT2D eigenvalue weighted by atomic mass is 9.95. The summed E-state index contributed by atoms with van der Waals surface area (Å²) >= 11 is 7.10. The van der Waals surface area contributed by atoms with Crippen molar-refractivity contribution in [2.45, 2.75) is 42.4 Å². The minimum absolute atomic E-state index is 0.0930. The van der Waals surface area contributed by atoms with Crippen molar-refractivity contribution in [3.05, 3.63) is 52.2 Å². The number of rotatable bonds is 3. The Bertz CT molecular complexity index is 968. The number of benzene rings is 1. The van der Waals surface area contributed by atoms with Crippen LogP contribution >= 0.6 is 23.4 Å². The van der Waals surface area contributed by atoms with Crippen molar-refractivity contribution in [3.63, 3.8) is 0 Å². The molecule has 1 aliphatic heterocycles. The van der Waals surface area contributed by atoms with Gasteiger partial charge in [-0.2, -0.15) is 5.26 Å². The predicted octanol–water partition coefficient (Wildman–Crippen LogP) is 3.91. The normalized spacial score (nSPS) is 19.1. The van der Waals surface area contributed by atoms with Crippen LogP contribution in [0.15, 0.2) is 35.4 Å². The Hall–Kier alpha value is -2.36. The summed E-state index contributed by atoms with van der Waals surface area (Å²) in [4.78, 5) is 31.1. The molecular formula is C20H16ClN3O2S. The molecule has 1 aromatic carbocycles. The molecule has 0 saturated carbocycles. The summed E-state index contributed by atoms with van der Waals surface area (Å²) in [5, 5.41) is 10.0. The van der Waals surface area contributed by atoms with Gasteiger partial charge in [-0.25, -0.2) is 9.88 Å². The van der Waals surface area contributed by atoms with Crippen LogP contribution in [0.3, 0.4) is 0 Å². The van der Waals surface area contributed by atoms with E-state index in [1.165, 1.54) is 16.7 Å². The van der Waals surface area contributed by atoms with Crippen molar-refractivity contribution in [3.8, 4) is 6.07 Å². The van der Waals surface area contributed by atoms with E-state index < -0.39 is 5.25 Å². The Morgan fingerprint density at radius 3 is 2.67 bits per heavy atom. The average Bonchev–Trinajstić information content (AvgIpc) is 2.95. The van der Waals surface area contributed by atoms with Crippen LogP contribution in [0.25, 0.3) is 0 Å². The Balaban J connectivity index is 1.60. The lowest BCUT2D eigenvalue weighted by Crippen LogP contribution is -2.31. The van der Waals surface area contributed by atoms with E-state index in [0.29, 0.717) is 21.3 Å². The molecule has 1 atom stereocenters. The molecule has 1 aliphatic carbocycles. The molecule has 0 spiro atoms. The highest BCUT2D eigenvalue weighted by Gasteiger charge is 2.40. The fourth-order valence-corrected chi connectivity index (χ4v) is 4.70. The number of imide groups is 1. The van der Waals surface area contributed by atoms with E-state index in [0.717, 1.165) is 36.9 Å². The minimum atomic E-state index is -0.575. The number of fused-ring (bicyclic) bond motifs is 1. The van der Waals surface area contributed by atoms with Gasteiger partial charge in [0, 0.05) is 17.1 Å². The standard InChI is InChI=1S/C20H16ClN3O2S/c21-14-5-7-15(8-6-14)24-18(25)10-17(20(24)26)27-19-13(11-22)9-12-3-1-2-4-16(12)23-19/h5-9,17H,1-4,10H2. The molecule has 0 bridgehead atoms. The van der Waals surface area contributed by atoms with Crippen LogP contribution in [-0.4, -0.2) is 22.0 Å². The number of halogens is 1. The van der Waals surface area contributed by atoms with Gasteiger partial charge in [0.2, 0.25) is 11.8 Å². The smallest absolute Gasteiger partial charge is 0.247 e. The fraction of sp³-hybridized carbons (Fsp3) is 0.300. The number of carbonyl (C=O) groups is 2. The molecule has 1 unspecified atom stereocenters. The lowest BCUT2D eigenvalue weighted by Gasteiger charge is -2.18. The van der Waals surface area contributed by atoms with Gasteiger partial charge in [0.1, 0.15) is 11.1 Å². The summed E-state index contributed by atoms with van der Waals surface area (Å²) < 4.78 is 0. The number of nitrogens with zero attached hydrogens (tertiary/aromatic N) is 3. The van der Waals surface area contributed by atoms with E-state index in [4.69, 9.17) is 11.6 Å². The summed E-state index contributed by atoms with van der Waals surface area (Å²) in [5.41, 5.74) is 3.12. The second kappa shape index (κ2) is 7.34. The van der Waals surface area contributed by atoms with E-state index in [-0.39, 0.29) is 18.2 Å². The van der Waals surface area contributed by atoms with E-state index in [9.17, 15) is 14.9 Å². The number of nitriles is 1. The third-order valence-electron chi connectivity index (χ3n) is 4.83. The van der Waals surface area contributed by atoms with Crippen LogP contribution in [0, 0.1) is 11.3 Å². The van der Waals surface area contributed by atoms with Crippen molar-refractivity contribution in [2.75, 3.05) is 4.90 Å². The van der Waals surface area contributed by atoms with Crippen molar-refractivity contribution in [2.24, 2.45) is 0 Å². The molecule has 2 aromatic rings. The van der Waals surface area contributed by atoms with Gasteiger partial charge < -0.3 is 0 Å². The number of hydrogen-bond acceptors (Lipinski definition) is 5. The molecular weight excluding hydrogens is 382 g/mol. The number of aromatic nitrogens is 1. The van der Waals surface area contributed by atoms with Gasteiger partial charge in [-0.05, 0) is 61.6 Å². The van der Waals surface area contributed by atoms with Crippen LogP contribution in [0.2, 0.25) is 5.02 Å². The van der Waals surface area contributed by atoms with Crippen molar-refractivity contribution in [1.82, 2.24) is 4.98 Å². The first-order valence-corrected chi connectivity index (χ1v) is 10.0. The largest absolute Gasteiger partial charge is 0.274 e. The molecule has 1 aromatic heterocycles. The van der Waals surface area contributed by atoms with Crippen molar-refractivity contribution >= 4 is 40.9 Å². The molecule has 1 saturated heterocycles. The quantitative estimate of drug-likeness (QED) is 0.734. The van der Waals surface area contributed by atoms with Gasteiger partial charge in [0.15, 0.2) is 0 Å². The Labute approximate surface area is 166 Å². The first-order valence-electron chi connectivity index (χ1n) is 8.78. The van der Waals surface area contributed by atoms with Crippen LogP contribution < -0.4 is 4.90 Å². The molecule has 0 radical (unpaired) electrons. The van der Waals surface area contributed by atoms with E-state index >= 15 is 0 Å². The first kappa shape index (κ1) is 18.0. The van der Waals surface area contributed by atoms with Crippen LogP contribution in [0.1, 0.15) is 36.1 Å². The lowest BCUT2D eigenvalue weighted by molar-refractivity contribution is -0.121. The number of anilines is 1. The number of carbonyl (C=O) groups excluding carboxylic acids is 2. The highest BCUT2D eigenvalue weighted by molar-refractivity contribution is 8.00.